The summed E-state index contributed by atoms with van der Waals surface area (Å²) in [5.41, 5.74) is 1.96. The Bertz CT molecular complexity index is 1090. The SMILES string of the molecule is CCCCOc1ccccc1C(=O)NC(=S)Nc1ccccc1C(=O)Nc1ccccc1. The van der Waals surface area contributed by atoms with Gasteiger partial charge in [0, 0.05) is 5.69 Å². The van der Waals surface area contributed by atoms with E-state index in [1.54, 1.807) is 54.6 Å². The highest BCUT2D eigenvalue weighted by Crippen LogP contribution is 2.20. The van der Waals surface area contributed by atoms with Crippen LogP contribution >= 0.6 is 12.2 Å². The van der Waals surface area contributed by atoms with Gasteiger partial charge in [0.25, 0.3) is 11.8 Å². The number of benzene rings is 3. The molecule has 3 N–H and O–H groups in total. The second-order valence-corrected chi connectivity index (χ2v) is 7.38. The molecular formula is C25H25N3O3S. The zero-order chi connectivity index (χ0) is 22.8. The maximum absolute atomic E-state index is 12.8. The number of unbranched alkanes of at least 4 members (excludes halogenated alkanes) is 1. The number of carbonyl (C=O) groups is 2. The van der Waals surface area contributed by atoms with Crippen LogP contribution in [0.5, 0.6) is 5.75 Å². The molecule has 0 radical (unpaired) electrons. The molecule has 3 aromatic carbocycles. The Kier molecular flexibility index (Phi) is 8.34. The van der Waals surface area contributed by atoms with Crippen LogP contribution in [0.4, 0.5) is 11.4 Å². The molecule has 0 aromatic heterocycles. The summed E-state index contributed by atoms with van der Waals surface area (Å²) >= 11 is 5.32. The van der Waals surface area contributed by atoms with Gasteiger partial charge in [-0.05, 0) is 55.0 Å². The van der Waals surface area contributed by atoms with Crippen LogP contribution in [0.2, 0.25) is 0 Å². The fourth-order valence-corrected chi connectivity index (χ4v) is 3.14. The van der Waals surface area contributed by atoms with Gasteiger partial charge in [-0.3, -0.25) is 14.9 Å². The summed E-state index contributed by atoms with van der Waals surface area (Å²) in [5, 5.41) is 8.53. The lowest BCUT2D eigenvalue weighted by atomic mass is 10.1. The van der Waals surface area contributed by atoms with Crippen LogP contribution < -0.4 is 20.7 Å². The Hall–Kier alpha value is -3.71. The molecule has 32 heavy (non-hydrogen) atoms. The lowest BCUT2D eigenvalue weighted by Gasteiger charge is -2.15. The van der Waals surface area contributed by atoms with Crippen molar-refractivity contribution in [3.05, 3.63) is 90.0 Å². The molecule has 0 atom stereocenters. The average molecular weight is 448 g/mol. The van der Waals surface area contributed by atoms with E-state index in [9.17, 15) is 9.59 Å². The Balaban J connectivity index is 1.67. The van der Waals surface area contributed by atoms with Gasteiger partial charge in [-0.2, -0.15) is 0 Å². The molecule has 0 bridgehead atoms. The summed E-state index contributed by atoms with van der Waals surface area (Å²) in [5.74, 6) is -0.173. The fourth-order valence-electron chi connectivity index (χ4n) is 2.94. The predicted molar refractivity (Wildman–Crippen MR) is 131 cm³/mol. The third kappa shape index (κ3) is 6.39. The molecule has 0 unspecified atom stereocenters. The molecule has 7 heteroatoms. The Labute approximate surface area is 193 Å². The highest BCUT2D eigenvalue weighted by atomic mass is 32.1. The summed E-state index contributed by atoms with van der Waals surface area (Å²) in [4.78, 5) is 25.5. The number of anilines is 2. The highest BCUT2D eigenvalue weighted by molar-refractivity contribution is 7.80. The van der Waals surface area contributed by atoms with Gasteiger partial charge < -0.3 is 15.4 Å². The Morgan fingerprint density at radius 2 is 1.47 bits per heavy atom. The number of carbonyl (C=O) groups excluding carboxylic acids is 2. The molecule has 0 aliphatic carbocycles. The van der Waals surface area contributed by atoms with Crippen LogP contribution in [0.25, 0.3) is 0 Å². The molecule has 3 aromatic rings. The summed E-state index contributed by atoms with van der Waals surface area (Å²) < 4.78 is 5.73. The molecule has 3 rings (SSSR count). The number of amides is 2. The van der Waals surface area contributed by atoms with E-state index in [0.717, 1.165) is 12.8 Å². The maximum atomic E-state index is 12.8. The minimum atomic E-state index is -0.388. The van der Waals surface area contributed by atoms with Crippen LogP contribution in [0, 0.1) is 0 Å². The van der Waals surface area contributed by atoms with Gasteiger partial charge in [-0.25, -0.2) is 0 Å². The minimum Gasteiger partial charge on any atom is -0.493 e. The van der Waals surface area contributed by atoms with Crippen molar-refractivity contribution in [1.29, 1.82) is 0 Å². The normalized spacial score (nSPS) is 10.2. The number of hydrogen-bond acceptors (Lipinski definition) is 4. The average Bonchev–Trinajstić information content (AvgIpc) is 2.80. The molecular weight excluding hydrogens is 422 g/mol. The number of rotatable bonds is 8. The maximum Gasteiger partial charge on any atom is 0.261 e. The number of hydrogen-bond donors (Lipinski definition) is 3. The first kappa shape index (κ1) is 23.0. The van der Waals surface area contributed by atoms with E-state index >= 15 is 0 Å². The monoisotopic (exact) mass is 447 g/mol. The lowest BCUT2D eigenvalue weighted by molar-refractivity contribution is 0.0972. The van der Waals surface area contributed by atoms with Crippen molar-refractivity contribution < 1.29 is 14.3 Å². The smallest absolute Gasteiger partial charge is 0.261 e. The summed E-state index contributed by atoms with van der Waals surface area (Å²) in [7, 11) is 0. The number of para-hydroxylation sites is 3. The van der Waals surface area contributed by atoms with E-state index in [1.165, 1.54) is 0 Å². The molecule has 0 aliphatic heterocycles. The van der Waals surface area contributed by atoms with Crippen molar-refractivity contribution in [3.8, 4) is 5.75 Å². The van der Waals surface area contributed by atoms with Crippen molar-refractivity contribution in [2.24, 2.45) is 0 Å². The van der Waals surface area contributed by atoms with E-state index in [4.69, 9.17) is 17.0 Å². The van der Waals surface area contributed by atoms with Crippen LogP contribution in [0.1, 0.15) is 40.5 Å². The van der Waals surface area contributed by atoms with E-state index in [2.05, 4.69) is 22.9 Å². The molecule has 0 aliphatic rings. The van der Waals surface area contributed by atoms with Crippen molar-refractivity contribution in [2.45, 2.75) is 19.8 Å². The number of nitrogens with one attached hydrogen (secondary N) is 3. The van der Waals surface area contributed by atoms with Crippen LogP contribution in [0.15, 0.2) is 78.9 Å². The van der Waals surface area contributed by atoms with E-state index in [1.807, 2.05) is 24.3 Å². The molecule has 0 fully saturated rings. The van der Waals surface area contributed by atoms with E-state index in [0.29, 0.717) is 34.9 Å². The van der Waals surface area contributed by atoms with E-state index in [-0.39, 0.29) is 16.9 Å². The molecule has 164 valence electrons. The van der Waals surface area contributed by atoms with Crippen molar-refractivity contribution in [3.63, 3.8) is 0 Å². The Morgan fingerprint density at radius 3 is 2.22 bits per heavy atom. The molecule has 6 nitrogen and oxygen atoms in total. The summed E-state index contributed by atoms with van der Waals surface area (Å²) in [6.45, 7) is 2.61. The second-order valence-electron chi connectivity index (χ2n) is 6.97. The van der Waals surface area contributed by atoms with Gasteiger partial charge in [0.05, 0.1) is 23.4 Å². The third-order valence-electron chi connectivity index (χ3n) is 4.57. The lowest BCUT2D eigenvalue weighted by Crippen LogP contribution is -2.35. The van der Waals surface area contributed by atoms with Crippen LogP contribution in [-0.2, 0) is 0 Å². The topological polar surface area (TPSA) is 79.5 Å². The number of thiocarbonyl (C=S) groups is 1. The zero-order valence-corrected chi connectivity index (χ0v) is 18.6. The molecule has 0 saturated carbocycles. The van der Waals surface area contributed by atoms with Gasteiger partial charge in [-0.1, -0.05) is 55.8 Å². The Morgan fingerprint density at radius 1 is 0.812 bits per heavy atom. The largest absolute Gasteiger partial charge is 0.493 e. The van der Waals surface area contributed by atoms with Crippen LogP contribution in [-0.4, -0.2) is 23.5 Å². The van der Waals surface area contributed by atoms with Gasteiger partial charge in [-0.15, -0.1) is 0 Å². The van der Waals surface area contributed by atoms with Gasteiger partial charge >= 0.3 is 0 Å². The van der Waals surface area contributed by atoms with Crippen molar-refractivity contribution >= 4 is 40.5 Å². The summed E-state index contributed by atoms with van der Waals surface area (Å²) in [6, 6.07) is 23.1. The van der Waals surface area contributed by atoms with Gasteiger partial charge in [0.15, 0.2) is 5.11 Å². The first-order valence-electron chi connectivity index (χ1n) is 10.4. The number of ether oxygens (including phenoxy) is 1. The predicted octanol–water partition coefficient (Wildman–Crippen LogP) is 5.24. The van der Waals surface area contributed by atoms with E-state index < -0.39 is 0 Å². The summed E-state index contributed by atoms with van der Waals surface area (Å²) in [6.07, 6.45) is 1.90. The molecule has 0 saturated heterocycles. The fraction of sp³-hybridized carbons (Fsp3) is 0.160. The highest BCUT2D eigenvalue weighted by Gasteiger charge is 2.16. The first-order valence-corrected chi connectivity index (χ1v) is 10.8. The van der Waals surface area contributed by atoms with Crippen LogP contribution in [0.3, 0.4) is 0 Å². The molecule has 0 spiro atoms. The molecule has 2 amide bonds. The minimum absolute atomic E-state index is 0.0818. The second kappa shape index (κ2) is 11.6. The zero-order valence-electron chi connectivity index (χ0n) is 17.8. The van der Waals surface area contributed by atoms with Gasteiger partial charge in [0.2, 0.25) is 0 Å². The first-order chi connectivity index (χ1) is 15.6. The quantitative estimate of drug-likeness (QED) is 0.325. The van der Waals surface area contributed by atoms with Crippen molar-refractivity contribution in [2.75, 3.05) is 17.2 Å². The van der Waals surface area contributed by atoms with Crippen molar-refractivity contribution in [1.82, 2.24) is 5.32 Å². The van der Waals surface area contributed by atoms with Gasteiger partial charge in [0.1, 0.15) is 5.75 Å². The third-order valence-corrected chi connectivity index (χ3v) is 4.77. The standard InChI is InChI=1S/C25H25N3O3S/c1-2-3-17-31-22-16-10-8-14-20(22)24(30)28-25(32)27-21-15-9-7-13-19(21)23(29)26-18-11-5-4-6-12-18/h4-16H,2-3,17H2,1H3,(H,26,29)(H2,27,28,30,32). The molecule has 0 heterocycles.